The predicted octanol–water partition coefficient (Wildman–Crippen LogP) is 6.06. The molecule has 1 atom stereocenters. The molecule has 0 saturated heterocycles. The highest BCUT2D eigenvalue weighted by molar-refractivity contribution is 7.17. The summed E-state index contributed by atoms with van der Waals surface area (Å²) >= 11 is 1.48. The Morgan fingerprint density at radius 1 is 1.09 bits per heavy atom. The van der Waals surface area contributed by atoms with Crippen LogP contribution in [0.1, 0.15) is 55.6 Å². The molecule has 0 radical (unpaired) electrons. The summed E-state index contributed by atoms with van der Waals surface area (Å²) in [4.78, 5) is 31.9. The van der Waals surface area contributed by atoms with Crippen molar-refractivity contribution in [1.82, 2.24) is 4.98 Å². The second-order valence-electron chi connectivity index (χ2n) is 9.25. The topological polar surface area (TPSA) is 85.1 Å². The van der Waals surface area contributed by atoms with E-state index in [1.54, 1.807) is 0 Å². The summed E-state index contributed by atoms with van der Waals surface area (Å²) in [5.41, 5.74) is 12.6. The molecule has 0 bridgehead atoms. The molecule has 4 aromatic rings. The fraction of sp³-hybridized carbons (Fsp3) is 0.250. The molecular formula is C28H27N3O2S. The third-order valence-electron chi connectivity index (χ3n) is 6.75. The number of pyridine rings is 1. The van der Waals surface area contributed by atoms with Crippen molar-refractivity contribution in [2.75, 3.05) is 5.32 Å². The van der Waals surface area contributed by atoms with E-state index in [0.717, 1.165) is 51.9 Å². The molecule has 6 heteroatoms. The molecule has 172 valence electrons. The number of hydrogen-bond donors (Lipinski definition) is 2. The minimum atomic E-state index is -0.488. The minimum Gasteiger partial charge on any atom is -0.365 e. The number of nitrogens with two attached hydrogens (primary N) is 1. The van der Waals surface area contributed by atoms with Crippen LogP contribution in [0.2, 0.25) is 0 Å². The third-order valence-corrected chi connectivity index (χ3v) is 7.92. The van der Waals surface area contributed by atoms with Crippen molar-refractivity contribution in [3.8, 4) is 11.3 Å². The molecule has 34 heavy (non-hydrogen) atoms. The molecule has 0 aliphatic heterocycles. The van der Waals surface area contributed by atoms with Crippen molar-refractivity contribution in [3.63, 3.8) is 0 Å². The molecule has 0 fully saturated rings. The number of amides is 2. The Labute approximate surface area is 203 Å². The number of fused-ring (bicyclic) bond motifs is 2. The number of aromatic nitrogens is 1. The molecule has 2 amide bonds. The number of benzene rings is 2. The summed E-state index contributed by atoms with van der Waals surface area (Å²) in [7, 11) is 0. The Kier molecular flexibility index (Phi) is 5.70. The van der Waals surface area contributed by atoms with E-state index in [4.69, 9.17) is 10.7 Å². The van der Waals surface area contributed by atoms with Gasteiger partial charge in [-0.15, -0.1) is 11.3 Å². The molecule has 1 aliphatic carbocycles. The van der Waals surface area contributed by atoms with Crippen molar-refractivity contribution < 1.29 is 9.59 Å². The Hall–Kier alpha value is -3.51. The van der Waals surface area contributed by atoms with Gasteiger partial charge in [-0.25, -0.2) is 4.98 Å². The molecule has 5 rings (SSSR count). The summed E-state index contributed by atoms with van der Waals surface area (Å²) in [6.07, 6.45) is 2.74. The summed E-state index contributed by atoms with van der Waals surface area (Å²) < 4.78 is 0. The number of primary amides is 1. The zero-order valence-corrected chi connectivity index (χ0v) is 20.4. The molecule has 1 unspecified atom stereocenters. The van der Waals surface area contributed by atoms with Gasteiger partial charge in [-0.1, -0.05) is 37.3 Å². The average molecular weight is 470 g/mol. The van der Waals surface area contributed by atoms with E-state index < -0.39 is 5.91 Å². The summed E-state index contributed by atoms with van der Waals surface area (Å²) in [6.45, 7) is 6.35. The molecule has 5 nitrogen and oxygen atoms in total. The lowest BCUT2D eigenvalue weighted by atomic mass is 9.88. The van der Waals surface area contributed by atoms with Gasteiger partial charge in [0.2, 0.25) is 0 Å². The zero-order chi connectivity index (χ0) is 24.0. The van der Waals surface area contributed by atoms with Gasteiger partial charge in [-0.2, -0.15) is 0 Å². The van der Waals surface area contributed by atoms with E-state index in [0.29, 0.717) is 22.0 Å². The van der Waals surface area contributed by atoms with Gasteiger partial charge in [-0.05, 0) is 73.9 Å². The van der Waals surface area contributed by atoms with Crippen LogP contribution in [0.3, 0.4) is 0 Å². The quantitative estimate of drug-likeness (QED) is 0.381. The Morgan fingerprint density at radius 2 is 1.88 bits per heavy atom. The van der Waals surface area contributed by atoms with Gasteiger partial charge in [-0.3, -0.25) is 9.59 Å². The maximum atomic E-state index is 13.6. The smallest absolute Gasteiger partial charge is 0.257 e. The first-order chi connectivity index (χ1) is 16.3. The zero-order valence-electron chi connectivity index (χ0n) is 19.6. The largest absolute Gasteiger partial charge is 0.365 e. The van der Waals surface area contributed by atoms with Crippen LogP contribution in [0, 0.1) is 19.8 Å². The minimum absolute atomic E-state index is 0.266. The summed E-state index contributed by atoms with van der Waals surface area (Å²) in [5.74, 6) is -0.198. The van der Waals surface area contributed by atoms with Crippen LogP contribution in [-0.4, -0.2) is 16.8 Å². The van der Waals surface area contributed by atoms with E-state index in [2.05, 4.69) is 38.2 Å². The second kappa shape index (κ2) is 8.69. The second-order valence-corrected chi connectivity index (χ2v) is 10.4. The van der Waals surface area contributed by atoms with Gasteiger partial charge in [0, 0.05) is 15.8 Å². The highest BCUT2D eigenvalue weighted by atomic mass is 32.1. The molecule has 2 heterocycles. The lowest BCUT2D eigenvalue weighted by Crippen LogP contribution is -2.19. The Morgan fingerprint density at radius 3 is 2.65 bits per heavy atom. The summed E-state index contributed by atoms with van der Waals surface area (Å²) in [5, 5.41) is 4.34. The van der Waals surface area contributed by atoms with Crippen LogP contribution < -0.4 is 11.1 Å². The van der Waals surface area contributed by atoms with Gasteiger partial charge in [0.25, 0.3) is 11.8 Å². The lowest BCUT2D eigenvalue weighted by Gasteiger charge is -2.18. The van der Waals surface area contributed by atoms with Crippen molar-refractivity contribution >= 4 is 39.1 Å². The number of hydrogen-bond acceptors (Lipinski definition) is 4. The van der Waals surface area contributed by atoms with Crippen molar-refractivity contribution in [2.45, 2.75) is 40.0 Å². The predicted molar refractivity (Wildman–Crippen MR) is 139 cm³/mol. The van der Waals surface area contributed by atoms with E-state index in [1.165, 1.54) is 22.5 Å². The monoisotopic (exact) mass is 469 g/mol. The number of rotatable bonds is 4. The van der Waals surface area contributed by atoms with Crippen molar-refractivity contribution in [3.05, 3.63) is 81.2 Å². The van der Waals surface area contributed by atoms with Crippen LogP contribution in [0.25, 0.3) is 22.2 Å². The van der Waals surface area contributed by atoms with Crippen molar-refractivity contribution in [1.29, 1.82) is 0 Å². The fourth-order valence-electron chi connectivity index (χ4n) is 4.68. The maximum absolute atomic E-state index is 13.6. The first-order valence-corrected chi connectivity index (χ1v) is 12.4. The van der Waals surface area contributed by atoms with Gasteiger partial charge >= 0.3 is 0 Å². The first-order valence-electron chi connectivity index (χ1n) is 11.5. The molecule has 0 saturated carbocycles. The van der Waals surface area contributed by atoms with Crippen LogP contribution >= 0.6 is 11.3 Å². The molecular weight excluding hydrogens is 442 g/mol. The highest BCUT2D eigenvalue weighted by Crippen LogP contribution is 2.40. The lowest BCUT2D eigenvalue weighted by molar-refractivity contribution is 0.1000. The molecule has 3 N–H and O–H groups in total. The normalized spacial score (nSPS) is 15.2. The number of anilines is 1. The van der Waals surface area contributed by atoms with E-state index in [9.17, 15) is 9.59 Å². The number of carbonyl (C=O) groups is 2. The fourth-order valence-corrected chi connectivity index (χ4v) is 6.09. The Balaban J connectivity index is 1.59. The number of para-hydroxylation sites is 1. The molecule has 2 aromatic carbocycles. The average Bonchev–Trinajstić information content (AvgIpc) is 3.17. The van der Waals surface area contributed by atoms with Gasteiger partial charge < -0.3 is 11.1 Å². The summed E-state index contributed by atoms with van der Waals surface area (Å²) in [6, 6.07) is 15.7. The highest BCUT2D eigenvalue weighted by Gasteiger charge is 2.28. The SMILES string of the molecule is Cc1ccc(-c2cc(C(=O)Nc3sc4c(c3C(N)=O)CCC(C)C4)c3ccccc3n2)cc1C. The standard InChI is InChI=1S/C28H27N3O2S/c1-15-8-11-20-24(12-15)34-28(25(20)26(29)32)31-27(33)21-14-23(18-10-9-16(2)17(3)13-18)30-22-7-5-4-6-19(21)22/h4-7,9-10,13-15H,8,11-12H2,1-3H3,(H2,29,32)(H,31,33). The van der Waals surface area contributed by atoms with Crippen LogP contribution in [0.5, 0.6) is 0 Å². The Bertz CT molecular complexity index is 1450. The van der Waals surface area contributed by atoms with Crippen molar-refractivity contribution in [2.24, 2.45) is 11.7 Å². The molecule has 2 aromatic heterocycles. The van der Waals surface area contributed by atoms with E-state index in [1.807, 2.05) is 36.4 Å². The van der Waals surface area contributed by atoms with Gasteiger partial charge in [0.1, 0.15) is 5.00 Å². The van der Waals surface area contributed by atoms with Crippen LogP contribution in [0.4, 0.5) is 5.00 Å². The number of thiophene rings is 1. The van der Waals surface area contributed by atoms with Crippen LogP contribution in [0.15, 0.2) is 48.5 Å². The van der Waals surface area contributed by atoms with E-state index >= 15 is 0 Å². The number of nitrogens with one attached hydrogen (secondary N) is 1. The first kappa shape index (κ1) is 22.3. The third kappa shape index (κ3) is 3.99. The molecule has 0 spiro atoms. The maximum Gasteiger partial charge on any atom is 0.257 e. The van der Waals surface area contributed by atoms with E-state index in [-0.39, 0.29) is 5.91 Å². The van der Waals surface area contributed by atoms with Crippen LogP contribution in [-0.2, 0) is 12.8 Å². The number of carbonyl (C=O) groups excluding carboxylic acids is 2. The van der Waals surface area contributed by atoms with Gasteiger partial charge in [0.15, 0.2) is 0 Å². The number of nitrogens with zero attached hydrogens (tertiary/aromatic N) is 1. The molecule has 1 aliphatic rings. The number of aryl methyl sites for hydroxylation is 2. The van der Waals surface area contributed by atoms with Gasteiger partial charge in [0.05, 0.1) is 22.3 Å².